The molecule has 1 heterocycles. The molecule has 0 unspecified atom stereocenters. The highest BCUT2D eigenvalue weighted by Gasteiger charge is 2.32. The number of ether oxygens (including phenoxy) is 1. The molecular formula is C22H19N2O6S2-. The highest BCUT2D eigenvalue weighted by atomic mass is 32.2. The van der Waals surface area contributed by atoms with E-state index in [1.807, 2.05) is 31.2 Å². The topological polar surface area (TPSA) is 119 Å². The molecule has 2 N–H and O–H groups in total. The van der Waals surface area contributed by atoms with E-state index in [1.165, 1.54) is 11.0 Å². The Morgan fingerprint density at radius 1 is 1.25 bits per heavy atom. The Balaban J connectivity index is 1.60. The number of amides is 2. The molecule has 8 nitrogen and oxygen atoms in total. The van der Waals surface area contributed by atoms with E-state index in [0.29, 0.717) is 15.8 Å². The zero-order valence-electron chi connectivity index (χ0n) is 17.0. The minimum atomic E-state index is -1.37. The number of aromatic carboxylic acids is 1. The van der Waals surface area contributed by atoms with Crippen molar-refractivity contribution >= 4 is 57.8 Å². The number of carboxylic acids is 1. The number of carboxylic acid groups (broad SMARTS) is 1. The Morgan fingerprint density at radius 2 is 1.97 bits per heavy atom. The fourth-order valence-corrected chi connectivity index (χ4v) is 4.19. The summed E-state index contributed by atoms with van der Waals surface area (Å²) in [6, 6.07) is 10.8. The highest BCUT2D eigenvalue weighted by Crippen LogP contribution is 2.33. The van der Waals surface area contributed by atoms with Gasteiger partial charge in [0, 0.05) is 18.7 Å². The molecule has 0 aliphatic carbocycles. The van der Waals surface area contributed by atoms with Gasteiger partial charge in [-0.1, -0.05) is 47.9 Å². The van der Waals surface area contributed by atoms with Crippen LogP contribution in [0.1, 0.15) is 29.3 Å². The van der Waals surface area contributed by atoms with Crippen molar-refractivity contribution in [2.45, 2.75) is 13.3 Å². The van der Waals surface area contributed by atoms with Gasteiger partial charge in [-0.15, -0.1) is 0 Å². The third-order valence-corrected chi connectivity index (χ3v) is 5.80. The SMILES string of the molecule is CCOc1ccc(/C=C2\SC(=S)N(CCC(=O)Nc3ccc([O-])c(C(=O)O)c3)C2=O)cc1. The minimum absolute atomic E-state index is 0.0513. The van der Waals surface area contributed by atoms with Crippen LogP contribution in [-0.2, 0) is 9.59 Å². The van der Waals surface area contributed by atoms with Crippen LogP contribution < -0.4 is 15.2 Å². The van der Waals surface area contributed by atoms with E-state index in [-0.39, 0.29) is 24.6 Å². The minimum Gasteiger partial charge on any atom is -0.872 e. The molecule has 3 rings (SSSR count). The second kappa shape index (κ2) is 10.3. The molecule has 0 aromatic heterocycles. The van der Waals surface area contributed by atoms with Crippen molar-refractivity contribution in [3.63, 3.8) is 0 Å². The molecule has 0 radical (unpaired) electrons. The van der Waals surface area contributed by atoms with Crippen LogP contribution in [0.3, 0.4) is 0 Å². The Morgan fingerprint density at radius 3 is 2.62 bits per heavy atom. The quantitative estimate of drug-likeness (QED) is 0.445. The standard InChI is InChI=1S/C22H20N2O6S2/c1-2-30-15-6-3-13(4-7-15)11-18-20(27)24(22(31)32-18)10-9-19(26)23-14-5-8-17(25)16(12-14)21(28)29/h3-8,11-12,25H,2,9-10H2,1H3,(H,23,26)(H,28,29)/p-1/b18-11-. The lowest BCUT2D eigenvalue weighted by Gasteiger charge is -2.15. The number of hydrogen-bond acceptors (Lipinski definition) is 7. The van der Waals surface area contributed by atoms with E-state index < -0.39 is 23.2 Å². The van der Waals surface area contributed by atoms with Gasteiger partial charge in [0.15, 0.2) is 0 Å². The number of nitrogens with one attached hydrogen (secondary N) is 1. The first-order valence-corrected chi connectivity index (χ1v) is 10.8. The van der Waals surface area contributed by atoms with Crippen LogP contribution in [0.2, 0.25) is 0 Å². The van der Waals surface area contributed by atoms with Crippen LogP contribution >= 0.6 is 24.0 Å². The maximum atomic E-state index is 12.7. The van der Waals surface area contributed by atoms with Crippen molar-refractivity contribution < 1.29 is 29.3 Å². The number of thiocarbonyl (C=S) groups is 1. The molecule has 2 amide bonds. The molecule has 2 aromatic carbocycles. The number of carbonyl (C=O) groups is 3. The summed E-state index contributed by atoms with van der Waals surface area (Å²) in [5.74, 6) is -2.01. The van der Waals surface area contributed by atoms with Gasteiger partial charge in [0.05, 0.1) is 17.1 Å². The van der Waals surface area contributed by atoms with Crippen molar-refractivity contribution in [3.8, 4) is 11.5 Å². The number of thioether (sulfide) groups is 1. The van der Waals surface area contributed by atoms with Crippen LogP contribution in [-0.4, -0.2) is 45.3 Å². The van der Waals surface area contributed by atoms with Gasteiger partial charge in [0.2, 0.25) is 5.91 Å². The van der Waals surface area contributed by atoms with Crippen molar-refractivity contribution in [1.82, 2.24) is 4.90 Å². The number of hydrogen-bond donors (Lipinski definition) is 2. The predicted octanol–water partition coefficient (Wildman–Crippen LogP) is 3.09. The molecule has 10 heteroatoms. The first-order chi connectivity index (χ1) is 15.3. The van der Waals surface area contributed by atoms with E-state index in [4.69, 9.17) is 22.1 Å². The largest absolute Gasteiger partial charge is 0.872 e. The third-order valence-electron chi connectivity index (χ3n) is 4.42. The van der Waals surface area contributed by atoms with E-state index in [2.05, 4.69) is 5.32 Å². The molecule has 2 aromatic rings. The zero-order valence-corrected chi connectivity index (χ0v) is 18.6. The first kappa shape index (κ1) is 23.3. The van der Waals surface area contributed by atoms with E-state index in [9.17, 15) is 19.5 Å². The van der Waals surface area contributed by atoms with Crippen LogP contribution in [0, 0.1) is 0 Å². The summed E-state index contributed by atoms with van der Waals surface area (Å²) < 4.78 is 5.75. The predicted molar refractivity (Wildman–Crippen MR) is 124 cm³/mol. The van der Waals surface area contributed by atoms with E-state index in [0.717, 1.165) is 35.2 Å². The van der Waals surface area contributed by atoms with Gasteiger partial charge >= 0.3 is 5.97 Å². The summed E-state index contributed by atoms with van der Waals surface area (Å²) in [4.78, 5) is 37.8. The van der Waals surface area contributed by atoms with Gasteiger partial charge in [-0.3, -0.25) is 14.5 Å². The Labute approximate surface area is 193 Å². The number of anilines is 1. The second-order valence-electron chi connectivity index (χ2n) is 6.65. The second-order valence-corrected chi connectivity index (χ2v) is 8.33. The molecule has 32 heavy (non-hydrogen) atoms. The van der Waals surface area contributed by atoms with Gasteiger partial charge in [-0.2, -0.15) is 0 Å². The monoisotopic (exact) mass is 471 g/mol. The van der Waals surface area contributed by atoms with Crippen LogP contribution in [0.5, 0.6) is 11.5 Å². The van der Waals surface area contributed by atoms with Gasteiger partial charge in [0.1, 0.15) is 10.1 Å². The lowest BCUT2D eigenvalue weighted by molar-refractivity contribution is -0.268. The molecule has 1 saturated heterocycles. The fourth-order valence-electron chi connectivity index (χ4n) is 2.88. The fraction of sp³-hybridized carbons (Fsp3) is 0.182. The number of benzene rings is 2. The van der Waals surface area contributed by atoms with Crippen LogP contribution in [0.4, 0.5) is 5.69 Å². The van der Waals surface area contributed by atoms with Gasteiger partial charge in [0.25, 0.3) is 5.91 Å². The Kier molecular flexibility index (Phi) is 7.49. The number of rotatable bonds is 8. The summed E-state index contributed by atoms with van der Waals surface area (Å²) in [5, 5.41) is 23.1. The maximum Gasteiger partial charge on any atom is 0.335 e. The van der Waals surface area contributed by atoms with E-state index in [1.54, 1.807) is 6.08 Å². The molecular weight excluding hydrogens is 452 g/mol. The highest BCUT2D eigenvalue weighted by molar-refractivity contribution is 8.26. The molecule has 0 saturated carbocycles. The lowest BCUT2D eigenvalue weighted by Crippen LogP contribution is -2.31. The van der Waals surface area contributed by atoms with Crippen molar-refractivity contribution in [3.05, 3.63) is 58.5 Å². The molecule has 0 spiro atoms. The molecule has 1 fully saturated rings. The van der Waals surface area contributed by atoms with E-state index >= 15 is 0 Å². The number of carbonyl (C=O) groups excluding carboxylic acids is 2. The summed E-state index contributed by atoms with van der Waals surface area (Å²) in [6.07, 6.45) is 1.68. The lowest BCUT2D eigenvalue weighted by atomic mass is 10.1. The smallest absolute Gasteiger partial charge is 0.335 e. The molecule has 166 valence electrons. The third kappa shape index (κ3) is 5.65. The zero-order chi connectivity index (χ0) is 23.3. The first-order valence-electron chi connectivity index (χ1n) is 9.61. The van der Waals surface area contributed by atoms with Gasteiger partial charge in [-0.05, 0) is 42.8 Å². The molecule has 0 atom stereocenters. The average Bonchev–Trinajstić information content (AvgIpc) is 3.02. The molecule has 0 bridgehead atoms. The summed E-state index contributed by atoms with van der Waals surface area (Å²) in [6.45, 7) is 2.54. The van der Waals surface area contributed by atoms with Crippen molar-refractivity contribution in [2.24, 2.45) is 0 Å². The average molecular weight is 472 g/mol. The summed E-state index contributed by atoms with van der Waals surface area (Å²) in [7, 11) is 0. The Bertz CT molecular complexity index is 1100. The van der Waals surface area contributed by atoms with Crippen molar-refractivity contribution in [1.29, 1.82) is 0 Å². The Hall–Kier alpha value is -3.37. The van der Waals surface area contributed by atoms with Crippen LogP contribution in [0.15, 0.2) is 47.4 Å². The summed E-state index contributed by atoms with van der Waals surface area (Å²) >= 11 is 6.44. The molecule has 1 aliphatic heterocycles. The molecule has 1 aliphatic rings. The van der Waals surface area contributed by atoms with Crippen LogP contribution in [0.25, 0.3) is 6.08 Å². The summed E-state index contributed by atoms with van der Waals surface area (Å²) in [5.41, 5.74) is 0.578. The van der Waals surface area contributed by atoms with Gasteiger partial charge < -0.3 is 20.3 Å². The van der Waals surface area contributed by atoms with Crippen molar-refractivity contribution in [2.75, 3.05) is 18.5 Å². The maximum absolute atomic E-state index is 12.7. The van der Waals surface area contributed by atoms with Gasteiger partial charge in [-0.25, -0.2) is 4.79 Å². The number of nitrogens with zero attached hydrogens (tertiary/aromatic N) is 1. The normalized spacial score (nSPS) is 14.7.